The largest absolute Gasteiger partial charge is 0.390 e. The first kappa shape index (κ1) is 26.8. The van der Waals surface area contributed by atoms with Crippen LogP contribution in [0.25, 0.3) is 0 Å². The molecule has 0 aromatic rings. The van der Waals surface area contributed by atoms with Gasteiger partial charge in [-0.2, -0.15) is 4.99 Å². The Balaban J connectivity index is 1.68. The van der Waals surface area contributed by atoms with Gasteiger partial charge in [-0.3, -0.25) is 9.59 Å². The minimum absolute atomic E-state index is 0.127. The number of aliphatic imine (C=N–C) groups is 1. The Morgan fingerprint density at radius 3 is 2.38 bits per heavy atom. The average Bonchev–Trinajstić information content (AvgIpc) is 2.80. The Morgan fingerprint density at radius 1 is 1.08 bits per heavy atom. The van der Waals surface area contributed by atoms with Gasteiger partial charge in [-0.1, -0.05) is 47.1 Å². The van der Waals surface area contributed by atoms with Gasteiger partial charge in [-0.15, -0.1) is 0 Å². The van der Waals surface area contributed by atoms with Crippen LogP contribution in [-0.2, 0) is 14.4 Å². The first-order chi connectivity index (χ1) is 17.1. The van der Waals surface area contributed by atoms with E-state index < -0.39 is 28.9 Å². The maximum absolute atomic E-state index is 14.4. The number of aliphatic hydroxyl groups is 1. The zero-order valence-corrected chi connectivity index (χ0v) is 23.8. The van der Waals surface area contributed by atoms with E-state index in [1.165, 1.54) is 18.4 Å². The van der Waals surface area contributed by atoms with E-state index in [1.54, 1.807) is 13.0 Å². The van der Waals surface area contributed by atoms with Crippen molar-refractivity contribution in [3.8, 4) is 0 Å². The molecule has 0 spiro atoms. The summed E-state index contributed by atoms with van der Waals surface area (Å²) in [7, 11) is 0. The summed E-state index contributed by atoms with van der Waals surface area (Å²) >= 11 is 0. The summed E-state index contributed by atoms with van der Waals surface area (Å²) in [6.07, 6.45) is 9.08. The number of nitrogens with zero attached hydrogens (tertiary/aromatic N) is 1. The van der Waals surface area contributed by atoms with E-state index >= 15 is 0 Å². The molecule has 12 atom stereocenters. The first-order valence-electron chi connectivity index (χ1n) is 14.4. The number of ketones is 1. The number of nitrogens with two attached hydrogens (primary N) is 1. The fourth-order valence-electron chi connectivity index (χ4n) is 11.0. The van der Waals surface area contributed by atoms with Crippen LogP contribution < -0.4 is 5.73 Å². The molecule has 0 bridgehead atoms. The van der Waals surface area contributed by atoms with Gasteiger partial charge in [0.2, 0.25) is 12.0 Å². The fraction of sp³-hybridized carbons (Fsp3) is 0.839. The van der Waals surface area contributed by atoms with Crippen LogP contribution in [0.3, 0.4) is 0 Å². The molecule has 6 heteroatoms. The molecule has 0 aromatic carbocycles. The molecule has 204 valence electrons. The van der Waals surface area contributed by atoms with Gasteiger partial charge in [0, 0.05) is 5.92 Å². The maximum Gasteiger partial charge on any atom is 0.235 e. The molecule has 0 aliphatic heterocycles. The predicted octanol–water partition coefficient (Wildman–Crippen LogP) is 4.98. The number of isocyanates is 1. The quantitative estimate of drug-likeness (QED) is 0.403. The Labute approximate surface area is 221 Å². The summed E-state index contributed by atoms with van der Waals surface area (Å²) in [4.78, 5) is 42.7. The third-order valence-corrected chi connectivity index (χ3v) is 13.4. The van der Waals surface area contributed by atoms with Gasteiger partial charge in [-0.25, -0.2) is 4.79 Å². The monoisotopic (exact) mass is 510 g/mol. The zero-order chi connectivity index (χ0) is 27.3. The molecule has 4 fully saturated rings. The van der Waals surface area contributed by atoms with E-state index in [1.807, 2.05) is 6.08 Å². The van der Waals surface area contributed by atoms with Crippen LogP contribution in [0.4, 0.5) is 0 Å². The molecule has 5 aliphatic rings. The van der Waals surface area contributed by atoms with E-state index in [4.69, 9.17) is 5.73 Å². The number of primary amides is 1. The van der Waals surface area contributed by atoms with Crippen molar-refractivity contribution in [1.29, 1.82) is 0 Å². The van der Waals surface area contributed by atoms with Crippen LogP contribution in [0.2, 0.25) is 0 Å². The van der Waals surface area contributed by atoms with Crippen molar-refractivity contribution in [2.24, 2.45) is 67.9 Å². The SMILES string of the molecule is C[C@H]1[C@H](C)CC[C@]2(C)CC[C@]3(C)C(=CC(=O)[C@@H]4[C@@]5(C)CC(C(N)=O)[C@H](O)[C@](C)(N=C=O)[C@@H]5CC[C@]43C)[C@H]12. The lowest BCUT2D eigenvalue weighted by molar-refractivity contribution is -0.200. The first-order valence-corrected chi connectivity index (χ1v) is 14.4. The average molecular weight is 511 g/mol. The molecule has 5 aliphatic carbocycles. The van der Waals surface area contributed by atoms with Gasteiger partial charge in [-0.05, 0) is 103 Å². The van der Waals surface area contributed by atoms with Gasteiger partial charge in [0.05, 0.1) is 12.0 Å². The summed E-state index contributed by atoms with van der Waals surface area (Å²) in [5.41, 5.74) is 5.13. The van der Waals surface area contributed by atoms with Gasteiger partial charge in [0.15, 0.2) is 5.78 Å². The van der Waals surface area contributed by atoms with Crippen LogP contribution in [0.15, 0.2) is 16.6 Å². The zero-order valence-electron chi connectivity index (χ0n) is 23.8. The number of amides is 1. The number of hydrogen-bond acceptors (Lipinski definition) is 5. The van der Waals surface area contributed by atoms with Crippen LogP contribution in [0.5, 0.6) is 0 Å². The van der Waals surface area contributed by atoms with Crippen molar-refractivity contribution in [1.82, 2.24) is 0 Å². The fourth-order valence-corrected chi connectivity index (χ4v) is 11.0. The van der Waals surface area contributed by atoms with E-state index in [-0.39, 0.29) is 33.9 Å². The number of carbonyl (C=O) groups is 2. The second kappa shape index (κ2) is 8.11. The lowest BCUT2D eigenvalue weighted by Gasteiger charge is -2.70. The number of fused-ring (bicyclic) bond motifs is 7. The number of carbonyl (C=O) groups excluding carboxylic acids is 3. The summed E-state index contributed by atoms with van der Waals surface area (Å²) in [6.45, 7) is 15.8. The van der Waals surface area contributed by atoms with Crippen molar-refractivity contribution >= 4 is 17.8 Å². The highest BCUT2D eigenvalue weighted by Gasteiger charge is 2.72. The van der Waals surface area contributed by atoms with Crippen molar-refractivity contribution in [2.45, 2.75) is 105 Å². The standard InChI is InChI=1S/C31H46N2O4/c1-17-8-10-27(3)12-13-29(5)20(23(27)18(17)2)14-21(35)24-28(4)15-19(26(32)37)25(36)31(7,33-16-34)22(28)9-11-30(24,29)6/h14,17-19,22-25,36H,8-13,15H2,1-7H3,(H2,32,37)/t17-,18+,19?,22-,23+,24-,25+,27-,28+,29-,30-,31-/m1/s1. The lowest BCUT2D eigenvalue weighted by Crippen LogP contribution is -2.70. The normalized spacial score (nSPS) is 55.0. The lowest BCUT2D eigenvalue weighted by atomic mass is 9.33. The number of hydrogen-bond donors (Lipinski definition) is 2. The molecule has 0 heterocycles. The Kier molecular flexibility index (Phi) is 5.88. The summed E-state index contributed by atoms with van der Waals surface area (Å²) in [6, 6.07) is 0. The minimum atomic E-state index is -1.21. The number of aliphatic hydroxyl groups excluding tert-OH is 1. The van der Waals surface area contributed by atoms with Crippen molar-refractivity contribution < 1.29 is 19.5 Å². The molecule has 3 N–H and O–H groups in total. The summed E-state index contributed by atoms with van der Waals surface area (Å²) in [5.74, 6) is -0.319. The van der Waals surface area contributed by atoms with Crippen LogP contribution in [0, 0.1) is 57.2 Å². The molecule has 37 heavy (non-hydrogen) atoms. The molecule has 1 unspecified atom stereocenters. The Bertz CT molecular complexity index is 1110. The second-order valence-electron chi connectivity index (χ2n) is 14.9. The molecule has 0 radical (unpaired) electrons. The van der Waals surface area contributed by atoms with Gasteiger partial charge in [0.1, 0.15) is 5.54 Å². The molecular formula is C31H46N2O4. The smallest absolute Gasteiger partial charge is 0.235 e. The van der Waals surface area contributed by atoms with E-state index in [0.717, 1.165) is 25.7 Å². The minimum Gasteiger partial charge on any atom is -0.390 e. The Morgan fingerprint density at radius 2 is 1.76 bits per heavy atom. The molecule has 4 saturated carbocycles. The van der Waals surface area contributed by atoms with Crippen LogP contribution in [-0.4, -0.2) is 34.5 Å². The van der Waals surface area contributed by atoms with E-state index in [0.29, 0.717) is 24.2 Å². The second-order valence-corrected chi connectivity index (χ2v) is 14.9. The topological polar surface area (TPSA) is 110 Å². The van der Waals surface area contributed by atoms with Gasteiger partial charge in [0.25, 0.3) is 0 Å². The number of allylic oxidation sites excluding steroid dienone is 2. The maximum atomic E-state index is 14.4. The molecule has 6 nitrogen and oxygen atoms in total. The molecule has 1 amide bonds. The third-order valence-electron chi connectivity index (χ3n) is 13.4. The number of rotatable bonds is 2. The van der Waals surface area contributed by atoms with Gasteiger partial charge < -0.3 is 10.8 Å². The summed E-state index contributed by atoms with van der Waals surface area (Å²) in [5, 5.41) is 11.2. The molecule has 0 saturated heterocycles. The molecule has 0 aromatic heterocycles. The van der Waals surface area contributed by atoms with Gasteiger partial charge >= 0.3 is 0 Å². The summed E-state index contributed by atoms with van der Waals surface area (Å²) < 4.78 is 0. The van der Waals surface area contributed by atoms with E-state index in [2.05, 4.69) is 46.5 Å². The highest BCUT2D eigenvalue weighted by Crippen LogP contribution is 2.74. The highest BCUT2D eigenvalue weighted by molar-refractivity contribution is 5.96. The van der Waals surface area contributed by atoms with E-state index in [9.17, 15) is 19.5 Å². The molecule has 5 rings (SSSR count). The highest BCUT2D eigenvalue weighted by atomic mass is 16.3. The third kappa shape index (κ3) is 3.21. The van der Waals surface area contributed by atoms with Crippen LogP contribution in [0.1, 0.15) is 93.4 Å². The van der Waals surface area contributed by atoms with Crippen molar-refractivity contribution in [3.05, 3.63) is 11.6 Å². The predicted molar refractivity (Wildman–Crippen MR) is 142 cm³/mol. The van der Waals surface area contributed by atoms with Crippen molar-refractivity contribution in [2.75, 3.05) is 0 Å². The van der Waals surface area contributed by atoms with Crippen molar-refractivity contribution in [3.63, 3.8) is 0 Å². The molecular weight excluding hydrogens is 464 g/mol. The van der Waals surface area contributed by atoms with Crippen LogP contribution >= 0.6 is 0 Å². The Hall–Kier alpha value is -1.78.